The van der Waals surface area contributed by atoms with E-state index in [1.165, 1.54) is 0 Å². The Kier molecular flexibility index (Phi) is 6.19. The molecule has 22 heavy (non-hydrogen) atoms. The van der Waals surface area contributed by atoms with Gasteiger partial charge in [0.05, 0.1) is 6.20 Å². The van der Waals surface area contributed by atoms with Crippen molar-refractivity contribution in [1.29, 1.82) is 0 Å². The fourth-order valence-electron chi connectivity index (χ4n) is 2.43. The first-order valence-corrected chi connectivity index (χ1v) is 8.02. The molecule has 0 aliphatic rings. The second-order valence-corrected chi connectivity index (χ2v) is 5.37. The quantitative estimate of drug-likeness (QED) is 0.742. The van der Waals surface area contributed by atoms with E-state index in [1.54, 1.807) is 6.20 Å². The summed E-state index contributed by atoms with van der Waals surface area (Å²) in [6, 6.07) is 9.87. The average molecular weight is 300 g/mol. The van der Waals surface area contributed by atoms with Crippen LogP contribution in [0.25, 0.3) is 11.3 Å². The van der Waals surface area contributed by atoms with Crippen LogP contribution < -0.4 is 0 Å². The van der Waals surface area contributed by atoms with Crippen LogP contribution in [0.3, 0.4) is 0 Å². The maximum absolute atomic E-state index is 12.2. The van der Waals surface area contributed by atoms with Crippen molar-refractivity contribution in [1.82, 2.24) is 9.88 Å². The largest absolute Gasteiger partial charge is 0.441 e. The lowest BCUT2D eigenvalue weighted by Gasteiger charge is -2.21. The van der Waals surface area contributed by atoms with Crippen LogP contribution in [-0.2, 0) is 11.2 Å². The minimum absolute atomic E-state index is 0.183. The highest BCUT2D eigenvalue weighted by Crippen LogP contribution is 2.20. The monoisotopic (exact) mass is 300 g/mol. The van der Waals surface area contributed by atoms with E-state index in [-0.39, 0.29) is 5.91 Å². The molecule has 0 radical (unpaired) electrons. The summed E-state index contributed by atoms with van der Waals surface area (Å²) in [6.07, 6.45) is 4.71. The number of aryl methyl sites for hydroxylation is 1. The molecule has 0 aliphatic heterocycles. The number of rotatable bonds is 8. The molecule has 1 amide bonds. The van der Waals surface area contributed by atoms with Crippen LogP contribution in [0, 0.1) is 0 Å². The first kappa shape index (κ1) is 16.3. The summed E-state index contributed by atoms with van der Waals surface area (Å²) in [5, 5.41) is 0. The van der Waals surface area contributed by atoms with Gasteiger partial charge in [0.25, 0.3) is 0 Å². The van der Waals surface area contributed by atoms with Gasteiger partial charge in [-0.05, 0) is 12.8 Å². The summed E-state index contributed by atoms with van der Waals surface area (Å²) in [6.45, 7) is 5.84. The third kappa shape index (κ3) is 4.45. The summed E-state index contributed by atoms with van der Waals surface area (Å²) in [5.74, 6) is 1.56. The SMILES string of the molecule is CCCN(CCC)C(=O)CCc1ncc(-c2ccccc2)o1. The molecule has 0 saturated carbocycles. The maximum Gasteiger partial charge on any atom is 0.223 e. The molecule has 0 bridgehead atoms. The summed E-state index contributed by atoms with van der Waals surface area (Å²) in [5.41, 5.74) is 1.01. The maximum atomic E-state index is 12.2. The molecule has 1 aromatic carbocycles. The molecular formula is C18H24N2O2. The standard InChI is InChI=1S/C18H24N2O2/c1-3-12-20(13-4-2)18(21)11-10-17-19-14-16(22-17)15-8-6-5-7-9-15/h5-9,14H,3-4,10-13H2,1-2H3. The molecule has 1 aromatic heterocycles. The van der Waals surface area contributed by atoms with Crippen molar-refractivity contribution in [2.75, 3.05) is 13.1 Å². The molecule has 0 N–H and O–H groups in total. The molecule has 0 aliphatic carbocycles. The fourth-order valence-corrected chi connectivity index (χ4v) is 2.43. The number of benzene rings is 1. The van der Waals surface area contributed by atoms with Crippen molar-refractivity contribution < 1.29 is 9.21 Å². The van der Waals surface area contributed by atoms with Gasteiger partial charge in [-0.1, -0.05) is 44.2 Å². The highest BCUT2D eigenvalue weighted by Gasteiger charge is 2.13. The van der Waals surface area contributed by atoms with Gasteiger partial charge in [0.2, 0.25) is 5.91 Å². The lowest BCUT2D eigenvalue weighted by Crippen LogP contribution is -2.32. The Hall–Kier alpha value is -2.10. The van der Waals surface area contributed by atoms with E-state index in [1.807, 2.05) is 35.2 Å². The number of carbonyl (C=O) groups excluding carboxylic acids is 1. The van der Waals surface area contributed by atoms with Crippen molar-refractivity contribution in [3.05, 3.63) is 42.4 Å². The van der Waals surface area contributed by atoms with Crippen molar-refractivity contribution in [2.45, 2.75) is 39.5 Å². The summed E-state index contributed by atoms with van der Waals surface area (Å²) in [4.78, 5) is 18.4. The molecule has 0 saturated heterocycles. The number of amides is 1. The van der Waals surface area contributed by atoms with E-state index in [9.17, 15) is 4.79 Å². The van der Waals surface area contributed by atoms with Crippen LogP contribution >= 0.6 is 0 Å². The van der Waals surface area contributed by atoms with Crippen LogP contribution in [0.15, 0.2) is 40.9 Å². The Labute approximate surface area is 132 Å². The smallest absolute Gasteiger partial charge is 0.223 e. The predicted octanol–water partition coefficient (Wildman–Crippen LogP) is 3.92. The molecule has 4 nitrogen and oxygen atoms in total. The lowest BCUT2D eigenvalue weighted by atomic mass is 10.2. The number of nitrogens with zero attached hydrogens (tertiary/aromatic N) is 2. The van der Waals surface area contributed by atoms with Crippen molar-refractivity contribution in [3.8, 4) is 11.3 Å². The Morgan fingerprint density at radius 2 is 1.82 bits per heavy atom. The molecule has 0 fully saturated rings. The molecule has 0 spiro atoms. The van der Waals surface area contributed by atoms with Crippen molar-refractivity contribution >= 4 is 5.91 Å². The van der Waals surface area contributed by atoms with E-state index in [4.69, 9.17) is 4.42 Å². The van der Waals surface area contributed by atoms with Gasteiger partial charge in [0.1, 0.15) is 0 Å². The van der Waals surface area contributed by atoms with E-state index in [0.717, 1.165) is 37.3 Å². The number of aromatic nitrogens is 1. The zero-order valence-corrected chi connectivity index (χ0v) is 13.4. The third-order valence-corrected chi connectivity index (χ3v) is 3.50. The summed E-state index contributed by atoms with van der Waals surface area (Å²) in [7, 11) is 0. The van der Waals surface area contributed by atoms with E-state index in [2.05, 4.69) is 18.8 Å². The minimum Gasteiger partial charge on any atom is -0.441 e. The zero-order valence-electron chi connectivity index (χ0n) is 13.4. The topological polar surface area (TPSA) is 46.3 Å². The van der Waals surface area contributed by atoms with E-state index >= 15 is 0 Å². The van der Waals surface area contributed by atoms with Crippen LogP contribution in [-0.4, -0.2) is 28.9 Å². The Balaban J connectivity index is 1.92. The highest BCUT2D eigenvalue weighted by molar-refractivity contribution is 5.76. The fraction of sp³-hybridized carbons (Fsp3) is 0.444. The Morgan fingerprint density at radius 1 is 1.14 bits per heavy atom. The highest BCUT2D eigenvalue weighted by atomic mass is 16.4. The van der Waals surface area contributed by atoms with Gasteiger partial charge in [-0.2, -0.15) is 0 Å². The van der Waals surface area contributed by atoms with Crippen molar-refractivity contribution in [2.24, 2.45) is 0 Å². The van der Waals surface area contributed by atoms with Crippen LogP contribution in [0.4, 0.5) is 0 Å². The number of hydrogen-bond acceptors (Lipinski definition) is 3. The number of oxazole rings is 1. The average Bonchev–Trinajstić information content (AvgIpc) is 3.02. The normalized spacial score (nSPS) is 10.6. The van der Waals surface area contributed by atoms with E-state index < -0.39 is 0 Å². The molecule has 0 atom stereocenters. The predicted molar refractivity (Wildman–Crippen MR) is 87.4 cm³/mol. The molecule has 0 unspecified atom stereocenters. The summed E-state index contributed by atoms with van der Waals surface area (Å²) >= 11 is 0. The molecule has 118 valence electrons. The molecule has 4 heteroatoms. The molecule has 2 aromatic rings. The van der Waals surface area contributed by atoms with Crippen molar-refractivity contribution in [3.63, 3.8) is 0 Å². The number of hydrogen-bond donors (Lipinski definition) is 0. The first-order valence-electron chi connectivity index (χ1n) is 8.02. The lowest BCUT2D eigenvalue weighted by molar-refractivity contribution is -0.131. The van der Waals surface area contributed by atoms with Gasteiger partial charge >= 0.3 is 0 Å². The van der Waals surface area contributed by atoms with Gasteiger partial charge in [0.15, 0.2) is 11.7 Å². The third-order valence-electron chi connectivity index (χ3n) is 3.50. The number of carbonyl (C=O) groups is 1. The van der Waals surface area contributed by atoms with Gasteiger partial charge in [-0.3, -0.25) is 4.79 Å². The van der Waals surface area contributed by atoms with E-state index in [0.29, 0.717) is 18.7 Å². The zero-order chi connectivity index (χ0) is 15.8. The van der Waals surface area contributed by atoms with Crippen LogP contribution in [0.5, 0.6) is 0 Å². The van der Waals surface area contributed by atoms with Gasteiger partial charge in [0, 0.05) is 31.5 Å². The Bertz CT molecular complexity index is 572. The van der Waals surface area contributed by atoms with Crippen LogP contribution in [0.1, 0.15) is 39.0 Å². The second-order valence-electron chi connectivity index (χ2n) is 5.37. The minimum atomic E-state index is 0.183. The van der Waals surface area contributed by atoms with Gasteiger partial charge < -0.3 is 9.32 Å². The molecule has 1 heterocycles. The molecule has 2 rings (SSSR count). The first-order chi connectivity index (χ1) is 10.7. The van der Waals surface area contributed by atoms with Gasteiger partial charge in [-0.25, -0.2) is 4.98 Å². The molecular weight excluding hydrogens is 276 g/mol. The van der Waals surface area contributed by atoms with Crippen LogP contribution in [0.2, 0.25) is 0 Å². The summed E-state index contributed by atoms with van der Waals surface area (Å²) < 4.78 is 5.74. The van der Waals surface area contributed by atoms with Gasteiger partial charge in [-0.15, -0.1) is 0 Å². The second kappa shape index (κ2) is 8.37. The Morgan fingerprint density at radius 3 is 2.45 bits per heavy atom.